The maximum Gasteiger partial charge on any atom is 0.387 e. The van der Waals surface area contributed by atoms with Gasteiger partial charge in [-0.2, -0.15) is 8.78 Å². The number of para-hydroxylation sites is 1. The molecule has 0 aliphatic carbocycles. The second-order valence-corrected chi connectivity index (χ2v) is 5.21. The Morgan fingerprint density at radius 3 is 2.58 bits per heavy atom. The van der Waals surface area contributed by atoms with E-state index in [4.69, 9.17) is 9.47 Å². The van der Waals surface area contributed by atoms with Crippen LogP contribution in [0.15, 0.2) is 59.2 Å². The van der Waals surface area contributed by atoms with Gasteiger partial charge in [0.1, 0.15) is 11.5 Å². The van der Waals surface area contributed by atoms with Gasteiger partial charge in [-0.25, -0.2) is 9.79 Å². The Balaban J connectivity index is 1.85. The van der Waals surface area contributed by atoms with Gasteiger partial charge in [-0.05, 0) is 43.3 Å². The third-order valence-electron chi connectivity index (χ3n) is 3.46. The fourth-order valence-corrected chi connectivity index (χ4v) is 2.35. The van der Waals surface area contributed by atoms with Crippen LogP contribution in [0.1, 0.15) is 18.1 Å². The molecule has 0 atom stereocenters. The zero-order valence-corrected chi connectivity index (χ0v) is 13.8. The van der Waals surface area contributed by atoms with Crippen LogP contribution < -0.4 is 9.47 Å². The fraction of sp³-hybridized carbons (Fsp3) is 0.158. The minimum atomic E-state index is -2.90. The Morgan fingerprint density at radius 1 is 1.15 bits per heavy atom. The van der Waals surface area contributed by atoms with E-state index in [1.54, 1.807) is 18.2 Å². The molecule has 0 bridgehead atoms. The molecule has 26 heavy (non-hydrogen) atoms. The van der Waals surface area contributed by atoms with Crippen LogP contribution in [0, 0.1) is 0 Å². The summed E-state index contributed by atoms with van der Waals surface area (Å²) >= 11 is 0. The van der Waals surface area contributed by atoms with E-state index in [2.05, 4.69) is 9.73 Å². The molecule has 0 fully saturated rings. The molecule has 0 spiro atoms. The number of halogens is 2. The lowest BCUT2D eigenvalue weighted by Crippen LogP contribution is -2.06. The van der Waals surface area contributed by atoms with E-state index in [0.717, 1.165) is 0 Å². The maximum atomic E-state index is 12.2. The van der Waals surface area contributed by atoms with Gasteiger partial charge in [0.15, 0.2) is 5.70 Å². The van der Waals surface area contributed by atoms with Gasteiger partial charge in [0.25, 0.3) is 0 Å². The Morgan fingerprint density at radius 2 is 1.88 bits per heavy atom. The first-order chi connectivity index (χ1) is 12.6. The van der Waals surface area contributed by atoms with Crippen molar-refractivity contribution in [3.05, 3.63) is 65.4 Å². The summed E-state index contributed by atoms with van der Waals surface area (Å²) in [5.41, 5.74) is 1.30. The van der Waals surface area contributed by atoms with Crippen molar-refractivity contribution < 1.29 is 27.8 Å². The second kappa shape index (κ2) is 7.77. The molecule has 0 aromatic heterocycles. The molecule has 1 aliphatic heterocycles. The first-order valence-electron chi connectivity index (χ1n) is 7.86. The number of nitrogens with zero attached hydrogens (tertiary/aromatic N) is 1. The monoisotopic (exact) mass is 359 g/mol. The largest absolute Gasteiger partial charge is 0.493 e. The van der Waals surface area contributed by atoms with Crippen LogP contribution in [0.3, 0.4) is 0 Å². The third-order valence-corrected chi connectivity index (χ3v) is 3.46. The highest BCUT2D eigenvalue weighted by Crippen LogP contribution is 2.25. The van der Waals surface area contributed by atoms with Crippen LogP contribution in [0.5, 0.6) is 11.5 Å². The van der Waals surface area contributed by atoms with Crippen LogP contribution in [0.4, 0.5) is 8.78 Å². The number of esters is 1. The summed E-state index contributed by atoms with van der Waals surface area (Å²) in [5.74, 6) is 0.139. The maximum absolute atomic E-state index is 12.2. The average Bonchev–Trinajstić information content (AvgIpc) is 2.98. The van der Waals surface area contributed by atoms with Gasteiger partial charge in [-0.15, -0.1) is 0 Å². The smallest absolute Gasteiger partial charge is 0.387 e. The zero-order valence-electron chi connectivity index (χ0n) is 13.8. The molecule has 134 valence electrons. The third kappa shape index (κ3) is 4.05. The molecular weight excluding hydrogens is 344 g/mol. The number of benzene rings is 2. The Kier molecular flexibility index (Phi) is 5.26. The van der Waals surface area contributed by atoms with Gasteiger partial charge in [0.2, 0.25) is 5.90 Å². The van der Waals surface area contributed by atoms with Gasteiger partial charge >= 0.3 is 12.6 Å². The molecule has 0 N–H and O–H groups in total. The highest BCUT2D eigenvalue weighted by atomic mass is 19.3. The lowest BCUT2D eigenvalue weighted by Gasteiger charge is -2.06. The normalized spacial score (nSPS) is 15.2. The Labute approximate surface area is 148 Å². The molecule has 0 amide bonds. The Bertz CT molecular complexity index is 860. The summed E-state index contributed by atoms with van der Waals surface area (Å²) in [4.78, 5) is 16.3. The first kappa shape index (κ1) is 17.6. The summed E-state index contributed by atoms with van der Waals surface area (Å²) in [6.45, 7) is -0.542. The number of carbonyl (C=O) groups excluding carboxylic acids is 1. The molecule has 3 rings (SSSR count). The van der Waals surface area contributed by atoms with Crippen molar-refractivity contribution in [1.82, 2.24) is 0 Å². The second-order valence-electron chi connectivity index (χ2n) is 5.21. The van der Waals surface area contributed by atoms with Crippen LogP contribution >= 0.6 is 0 Å². The van der Waals surface area contributed by atoms with Crippen molar-refractivity contribution in [1.29, 1.82) is 0 Å². The summed E-state index contributed by atoms with van der Waals surface area (Å²) in [6, 6.07) is 12.9. The van der Waals surface area contributed by atoms with Crippen molar-refractivity contribution in [2.75, 3.05) is 6.61 Å². The standard InChI is InChI=1S/C19H15F2NO4/c1-2-24-16-6-4-3-5-13(16)11-15-18(23)26-17(22-15)12-7-9-14(10-8-12)25-19(20)21/h3-11,19H,2H2,1H3/b15-11-. The van der Waals surface area contributed by atoms with Crippen molar-refractivity contribution in [3.63, 3.8) is 0 Å². The highest BCUT2D eigenvalue weighted by Gasteiger charge is 2.24. The van der Waals surface area contributed by atoms with Crippen molar-refractivity contribution >= 4 is 17.9 Å². The molecule has 2 aromatic rings. The fourth-order valence-electron chi connectivity index (χ4n) is 2.35. The molecular formula is C19H15F2NO4. The van der Waals surface area contributed by atoms with Gasteiger partial charge < -0.3 is 14.2 Å². The SMILES string of the molecule is CCOc1ccccc1/C=C1\N=C(c2ccc(OC(F)F)cc2)OC1=O. The first-order valence-corrected chi connectivity index (χ1v) is 7.86. The highest BCUT2D eigenvalue weighted by molar-refractivity contribution is 6.13. The van der Waals surface area contributed by atoms with E-state index in [0.29, 0.717) is 23.5 Å². The van der Waals surface area contributed by atoms with Gasteiger partial charge in [0.05, 0.1) is 6.61 Å². The zero-order chi connectivity index (χ0) is 18.5. The molecule has 5 nitrogen and oxygen atoms in total. The molecule has 0 saturated heterocycles. The lowest BCUT2D eigenvalue weighted by molar-refractivity contribution is -0.129. The predicted octanol–water partition coefficient (Wildman–Crippen LogP) is 4.03. The predicted molar refractivity (Wildman–Crippen MR) is 91.3 cm³/mol. The molecule has 1 heterocycles. The minimum Gasteiger partial charge on any atom is -0.493 e. The van der Waals surface area contributed by atoms with Crippen LogP contribution in [0.25, 0.3) is 6.08 Å². The summed E-state index contributed by atoms with van der Waals surface area (Å²) < 4.78 is 39.3. The van der Waals surface area contributed by atoms with E-state index >= 15 is 0 Å². The quantitative estimate of drug-likeness (QED) is 0.577. The topological polar surface area (TPSA) is 57.1 Å². The molecule has 0 saturated carbocycles. The van der Waals surface area contributed by atoms with Gasteiger partial charge in [-0.3, -0.25) is 0 Å². The number of ether oxygens (including phenoxy) is 3. The molecule has 7 heteroatoms. The summed E-state index contributed by atoms with van der Waals surface area (Å²) in [6.07, 6.45) is 1.58. The van der Waals surface area contributed by atoms with Crippen molar-refractivity contribution in [2.24, 2.45) is 4.99 Å². The Hall–Kier alpha value is -3.22. The van der Waals surface area contributed by atoms with E-state index in [9.17, 15) is 13.6 Å². The number of aliphatic imine (C=N–C) groups is 1. The molecule has 1 aliphatic rings. The van der Waals surface area contributed by atoms with Crippen LogP contribution in [-0.4, -0.2) is 25.1 Å². The van der Waals surface area contributed by atoms with E-state index in [1.165, 1.54) is 24.3 Å². The van der Waals surface area contributed by atoms with E-state index in [-0.39, 0.29) is 17.3 Å². The average molecular weight is 359 g/mol. The molecule has 0 unspecified atom stereocenters. The minimum absolute atomic E-state index is 0.00933. The number of rotatable bonds is 6. The number of carbonyl (C=O) groups is 1. The number of cyclic esters (lactones) is 1. The van der Waals surface area contributed by atoms with Crippen molar-refractivity contribution in [2.45, 2.75) is 13.5 Å². The van der Waals surface area contributed by atoms with Crippen molar-refractivity contribution in [3.8, 4) is 11.5 Å². The van der Waals surface area contributed by atoms with E-state index in [1.807, 2.05) is 19.1 Å². The lowest BCUT2D eigenvalue weighted by atomic mass is 10.1. The summed E-state index contributed by atoms with van der Waals surface area (Å²) in [7, 11) is 0. The van der Waals surface area contributed by atoms with Gasteiger partial charge in [0, 0.05) is 11.1 Å². The van der Waals surface area contributed by atoms with E-state index < -0.39 is 12.6 Å². The number of hydrogen-bond acceptors (Lipinski definition) is 5. The molecule has 2 aromatic carbocycles. The number of alkyl halides is 2. The molecule has 0 radical (unpaired) electrons. The van der Waals surface area contributed by atoms with Crippen LogP contribution in [-0.2, 0) is 9.53 Å². The summed E-state index contributed by atoms with van der Waals surface area (Å²) in [5, 5.41) is 0. The van der Waals surface area contributed by atoms with Crippen LogP contribution in [0.2, 0.25) is 0 Å². The van der Waals surface area contributed by atoms with Gasteiger partial charge in [-0.1, -0.05) is 18.2 Å². The number of hydrogen-bond donors (Lipinski definition) is 0.